The lowest BCUT2D eigenvalue weighted by atomic mass is 10.2. The van der Waals surface area contributed by atoms with E-state index < -0.39 is 0 Å². The molecule has 90 valence electrons. The van der Waals surface area contributed by atoms with Gasteiger partial charge >= 0.3 is 0 Å². The zero-order valence-corrected chi connectivity index (χ0v) is 10.1. The maximum absolute atomic E-state index is 5.88. The molecule has 0 aliphatic carbocycles. The molecule has 0 aliphatic heterocycles. The van der Waals surface area contributed by atoms with Crippen molar-refractivity contribution in [2.24, 2.45) is 5.73 Å². The molecule has 18 heavy (non-hydrogen) atoms. The van der Waals surface area contributed by atoms with Crippen LogP contribution in [0.25, 0.3) is 0 Å². The average Bonchev–Trinajstić information content (AvgIpc) is 2.38. The van der Waals surface area contributed by atoms with Gasteiger partial charge in [-0.25, -0.2) is 15.0 Å². The molecule has 0 unspecified atom stereocenters. The monoisotopic (exact) mass is 259 g/mol. The first-order valence-electron chi connectivity index (χ1n) is 5.14. The summed E-state index contributed by atoms with van der Waals surface area (Å²) in [5.74, 6) is 5.92. The van der Waals surface area contributed by atoms with Gasteiger partial charge in [0.05, 0.1) is 5.69 Å². The largest absolute Gasteiger partial charge is 0.383 e. The maximum atomic E-state index is 5.88. The second-order valence-corrected chi connectivity index (χ2v) is 3.75. The molecule has 0 saturated carbocycles. The van der Waals surface area contributed by atoms with Gasteiger partial charge in [0, 0.05) is 6.54 Å². The third-order valence-electron chi connectivity index (χ3n) is 2.16. The molecule has 0 radical (unpaired) electrons. The molecule has 0 saturated heterocycles. The van der Waals surface area contributed by atoms with Crippen LogP contribution in [0.5, 0.6) is 0 Å². The van der Waals surface area contributed by atoms with Crippen LogP contribution in [0.15, 0.2) is 24.5 Å². The number of halogens is 1. The SMILES string of the molecule is NCc1cccc(C#Cc2c(N)ncnc2Cl)n1. The highest BCUT2D eigenvalue weighted by Crippen LogP contribution is 2.15. The van der Waals surface area contributed by atoms with E-state index in [1.807, 2.05) is 12.1 Å². The van der Waals surface area contributed by atoms with E-state index in [1.54, 1.807) is 6.07 Å². The van der Waals surface area contributed by atoms with E-state index in [0.29, 0.717) is 17.8 Å². The van der Waals surface area contributed by atoms with Gasteiger partial charge in [0.1, 0.15) is 28.6 Å². The van der Waals surface area contributed by atoms with Crippen molar-refractivity contribution in [3.63, 3.8) is 0 Å². The first kappa shape index (κ1) is 12.3. The van der Waals surface area contributed by atoms with Crippen molar-refractivity contribution in [2.45, 2.75) is 6.54 Å². The molecule has 0 bridgehead atoms. The maximum Gasteiger partial charge on any atom is 0.150 e. The van der Waals surface area contributed by atoms with Crippen molar-refractivity contribution in [3.8, 4) is 11.8 Å². The Morgan fingerprint density at radius 3 is 2.78 bits per heavy atom. The van der Waals surface area contributed by atoms with E-state index in [-0.39, 0.29) is 11.0 Å². The van der Waals surface area contributed by atoms with E-state index in [1.165, 1.54) is 6.33 Å². The van der Waals surface area contributed by atoms with Gasteiger partial charge in [-0.3, -0.25) is 0 Å². The zero-order chi connectivity index (χ0) is 13.0. The Balaban J connectivity index is 2.37. The molecule has 4 N–H and O–H groups in total. The molecule has 6 heteroatoms. The first-order valence-corrected chi connectivity index (χ1v) is 5.52. The van der Waals surface area contributed by atoms with Crippen LogP contribution in [0.4, 0.5) is 5.82 Å². The Labute approximate surface area is 109 Å². The summed E-state index contributed by atoms with van der Waals surface area (Å²) in [7, 11) is 0. The van der Waals surface area contributed by atoms with Gasteiger partial charge in [0.2, 0.25) is 0 Å². The summed E-state index contributed by atoms with van der Waals surface area (Å²) < 4.78 is 0. The molecule has 0 aromatic carbocycles. The molecule has 0 atom stereocenters. The Kier molecular flexibility index (Phi) is 3.72. The highest BCUT2D eigenvalue weighted by Gasteiger charge is 2.03. The van der Waals surface area contributed by atoms with Crippen LogP contribution in [-0.4, -0.2) is 15.0 Å². The molecule has 0 amide bonds. The minimum atomic E-state index is 0.227. The number of hydrogen-bond donors (Lipinski definition) is 2. The number of nitrogen functional groups attached to an aromatic ring is 1. The summed E-state index contributed by atoms with van der Waals surface area (Å²) >= 11 is 5.88. The summed E-state index contributed by atoms with van der Waals surface area (Å²) in [4.78, 5) is 11.9. The number of aromatic nitrogens is 3. The van der Waals surface area contributed by atoms with E-state index in [4.69, 9.17) is 23.1 Å². The van der Waals surface area contributed by atoms with Gasteiger partial charge in [-0.05, 0) is 18.1 Å². The van der Waals surface area contributed by atoms with Crippen molar-refractivity contribution >= 4 is 17.4 Å². The van der Waals surface area contributed by atoms with Gasteiger partial charge in [0.15, 0.2) is 0 Å². The van der Waals surface area contributed by atoms with E-state index in [0.717, 1.165) is 5.69 Å². The number of rotatable bonds is 1. The number of pyridine rings is 1. The summed E-state index contributed by atoms with van der Waals surface area (Å²) in [5, 5.41) is 0.227. The normalized spacial score (nSPS) is 9.67. The fraction of sp³-hybridized carbons (Fsp3) is 0.0833. The number of anilines is 1. The van der Waals surface area contributed by atoms with Crippen LogP contribution in [0, 0.1) is 11.8 Å². The van der Waals surface area contributed by atoms with Crippen molar-refractivity contribution < 1.29 is 0 Å². The van der Waals surface area contributed by atoms with Crippen LogP contribution in [0.2, 0.25) is 5.15 Å². The Bertz CT molecular complexity index is 610. The fourth-order valence-corrected chi connectivity index (χ4v) is 1.47. The topological polar surface area (TPSA) is 90.7 Å². The minimum Gasteiger partial charge on any atom is -0.383 e. The molecule has 0 fully saturated rings. The molecule has 2 rings (SSSR count). The van der Waals surface area contributed by atoms with E-state index >= 15 is 0 Å². The van der Waals surface area contributed by atoms with Crippen LogP contribution in [0.1, 0.15) is 17.0 Å². The van der Waals surface area contributed by atoms with Crippen LogP contribution < -0.4 is 11.5 Å². The molecule has 0 spiro atoms. The highest BCUT2D eigenvalue weighted by atomic mass is 35.5. The van der Waals surface area contributed by atoms with Crippen molar-refractivity contribution in [3.05, 3.63) is 46.6 Å². The third-order valence-corrected chi connectivity index (χ3v) is 2.45. The zero-order valence-electron chi connectivity index (χ0n) is 9.39. The highest BCUT2D eigenvalue weighted by molar-refractivity contribution is 6.30. The fourth-order valence-electron chi connectivity index (χ4n) is 1.28. The minimum absolute atomic E-state index is 0.227. The molecule has 5 nitrogen and oxygen atoms in total. The van der Waals surface area contributed by atoms with Crippen LogP contribution >= 0.6 is 11.6 Å². The number of nitrogens with zero attached hydrogens (tertiary/aromatic N) is 3. The van der Waals surface area contributed by atoms with Crippen molar-refractivity contribution in [2.75, 3.05) is 5.73 Å². The number of hydrogen-bond acceptors (Lipinski definition) is 5. The Morgan fingerprint density at radius 2 is 2.06 bits per heavy atom. The summed E-state index contributed by atoms with van der Waals surface area (Å²) in [6, 6.07) is 5.45. The molecular weight excluding hydrogens is 250 g/mol. The van der Waals surface area contributed by atoms with Gasteiger partial charge in [-0.2, -0.15) is 0 Å². The van der Waals surface area contributed by atoms with Crippen molar-refractivity contribution in [1.82, 2.24) is 15.0 Å². The van der Waals surface area contributed by atoms with Gasteiger partial charge in [-0.15, -0.1) is 0 Å². The molecule has 2 aromatic rings. The van der Waals surface area contributed by atoms with E-state index in [9.17, 15) is 0 Å². The third kappa shape index (κ3) is 2.74. The molecule has 2 heterocycles. The van der Waals surface area contributed by atoms with Gasteiger partial charge < -0.3 is 11.5 Å². The number of nitrogens with two attached hydrogens (primary N) is 2. The van der Waals surface area contributed by atoms with Gasteiger partial charge in [-0.1, -0.05) is 23.6 Å². The lowest BCUT2D eigenvalue weighted by Gasteiger charge is -1.98. The predicted octanol–water partition coefficient (Wildman–Crippen LogP) is 0.966. The smallest absolute Gasteiger partial charge is 0.150 e. The van der Waals surface area contributed by atoms with Crippen molar-refractivity contribution in [1.29, 1.82) is 0 Å². The summed E-state index contributed by atoms with van der Waals surface area (Å²) in [6.07, 6.45) is 1.29. The second kappa shape index (κ2) is 5.45. The quantitative estimate of drug-likeness (QED) is 0.588. The second-order valence-electron chi connectivity index (χ2n) is 3.39. The molecular formula is C12H10ClN5. The lowest BCUT2D eigenvalue weighted by Crippen LogP contribution is -2.00. The summed E-state index contributed by atoms with van der Waals surface area (Å²) in [5.41, 5.74) is 12.9. The summed E-state index contributed by atoms with van der Waals surface area (Å²) in [6.45, 7) is 0.368. The molecule has 0 aliphatic rings. The van der Waals surface area contributed by atoms with E-state index in [2.05, 4.69) is 26.8 Å². The predicted molar refractivity (Wildman–Crippen MR) is 69.6 cm³/mol. The lowest BCUT2D eigenvalue weighted by molar-refractivity contribution is 0.984. The van der Waals surface area contributed by atoms with Crippen LogP contribution in [-0.2, 0) is 6.54 Å². The Morgan fingerprint density at radius 1 is 1.22 bits per heavy atom. The standard InChI is InChI=1S/C12H10ClN5/c13-11-10(12(15)17-7-16-11)5-4-8-2-1-3-9(6-14)18-8/h1-3,7H,6,14H2,(H2,15,16,17). The first-order chi connectivity index (χ1) is 8.70. The van der Waals surface area contributed by atoms with Crippen LogP contribution in [0.3, 0.4) is 0 Å². The average molecular weight is 260 g/mol. The Hall–Kier alpha value is -2.16. The van der Waals surface area contributed by atoms with Gasteiger partial charge in [0.25, 0.3) is 0 Å². The molecule has 2 aromatic heterocycles.